The minimum atomic E-state index is -4.77. The van der Waals surface area contributed by atoms with Gasteiger partial charge in [0.05, 0.1) is 12.5 Å². The van der Waals surface area contributed by atoms with Crippen LogP contribution in [0, 0.1) is 0 Å². The van der Waals surface area contributed by atoms with Gasteiger partial charge >= 0.3 is 6.36 Å². The van der Waals surface area contributed by atoms with Crippen molar-refractivity contribution >= 4 is 11.8 Å². The Bertz CT molecular complexity index is 836. The van der Waals surface area contributed by atoms with Crippen molar-refractivity contribution in [3.63, 3.8) is 0 Å². The molecule has 2 aromatic carbocycles. The Morgan fingerprint density at radius 3 is 2.69 bits per heavy atom. The van der Waals surface area contributed by atoms with Gasteiger partial charge in [0.15, 0.2) is 0 Å². The van der Waals surface area contributed by atoms with Crippen molar-refractivity contribution < 1.29 is 27.5 Å². The van der Waals surface area contributed by atoms with Crippen LogP contribution in [-0.2, 0) is 11.3 Å². The quantitative estimate of drug-likeness (QED) is 0.857. The molecule has 1 aliphatic heterocycles. The summed E-state index contributed by atoms with van der Waals surface area (Å²) in [5.74, 6) is -0.897. The van der Waals surface area contributed by atoms with Crippen LogP contribution in [0.5, 0.6) is 5.75 Å². The number of rotatable bonds is 5. The van der Waals surface area contributed by atoms with Crippen LogP contribution in [0.1, 0.15) is 33.9 Å². The van der Waals surface area contributed by atoms with E-state index in [2.05, 4.69) is 15.4 Å². The number of amides is 2. The Morgan fingerprint density at radius 1 is 1.15 bits per heavy atom. The second-order valence-corrected chi connectivity index (χ2v) is 5.79. The molecule has 2 N–H and O–H groups in total. The Hall–Kier alpha value is -3.03. The molecule has 1 aliphatic rings. The maximum absolute atomic E-state index is 12.2. The zero-order chi connectivity index (χ0) is 18.7. The molecule has 26 heavy (non-hydrogen) atoms. The maximum atomic E-state index is 12.2. The standard InChI is InChI=1S/C18H15F3N2O3/c19-18(20,21)26-12-5-3-4-11(8-12)10-22-16(24)9-15-13-6-1-2-7-14(13)17(25)23-15/h1-8,15H,9-10H2,(H,22,24)(H,23,25)/t15-/m1/s1. The maximum Gasteiger partial charge on any atom is 0.573 e. The predicted molar refractivity (Wildman–Crippen MR) is 86.2 cm³/mol. The number of ether oxygens (including phenoxy) is 1. The molecule has 1 heterocycles. The highest BCUT2D eigenvalue weighted by Gasteiger charge is 2.31. The molecule has 5 nitrogen and oxygen atoms in total. The van der Waals surface area contributed by atoms with Gasteiger partial charge in [0.1, 0.15) is 5.75 Å². The number of carbonyl (C=O) groups is 2. The van der Waals surface area contributed by atoms with E-state index in [0.29, 0.717) is 11.1 Å². The molecule has 0 spiro atoms. The molecule has 0 aliphatic carbocycles. The fraction of sp³-hybridized carbons (Fsp3) is 0.222. The minimum Gasteiger partial charge on any atom is -0.406 e. The van der Waals surface area contributed by atoms with E-state index >= 15 is 0 Å². The van der Waals surface area contributed by atoms with E-state index in [1.807, 2.05) is 0 Å². The lowest BCUT2D eigenvalue weighted by Gasteiger charge is -2.13. The van der Waals surface area contributed by atoms with Gasteiger partial charge in [-0.25, -0.2) is 0 Å². The highest BCUT2D eigenvalue weighted by Crippen LogP contribution is 2.27. The molecule has 1 atom stereocenters. The van der Waals surface area contributed by atoms with Crippen LogP contribution in [0.3, 0.4) is 0 Å². The van der Waals surface area contributed by atoms with E-state index in [9.17, 15) is 22.8 Å². The smallest absolute Gasteiger partial charge is 0.406 e. The van der Waals surface area contributed by atoms with Gasteiger partial charge in [-0.2, -0.15) is 0 Å². The van der Waals surface area contributed by atoms with Gasteiger partial charge < -0.3 is 15.4 Å². The molecule has 0 saturated heterocycles. The van der Waals surface area contributed by atoms with Crippen molar-refractivity contribution in [2.45, 2.75) is 25.4 Å². The van der Waals surface area contributed by atoms with Crippen LogP contribution in [0.2, 0.25) is 0 Å². The van der Waals surface area contributed by atoms with E-state index in [0.717, 1.165) is 5.56 Å². The molecule has 0 bridgehead atoms. The summed E-state index contributed by atoms with van der Waals surface area (Å²) in [6, 6.07) is 12.0. The Kier molecular flexibility index (Phi) is 4.83. The lowest BCUT2D eigenvalue weighted by molar-refractivity contribution is -0.274. The first kappa shape index (κ1) is 17.8. The SMILES string of the molecule is O=C(C[C@H]1NC(=O)c2ccccc21)NCc1cccc(OC(F)(F)F)c1. The zero-order valence-corrected chi connectivity index (χ0v) is 13.5. The molecule has 3 rings (SSSR count). The first-order chi connectivity index (χ1) is 12.3. The van der Waals surface area contributed by atoms with Crippen molar-refractivity contribution in [2.24, 2.45) is 0 Å². The van der Waals surface area contributed by atoms with E-state index < -0.39 is 12.4 Å². The summed E-state index contributed by atoms with van der Waals surface area (Å²) in [6.45, 7) is 0.0518. The van der Waals surface area contributed by atoms with Gasteiger partial charge in [0.2, 0.25) is 5.91 Å². The van der Waals surface area contributed by atoms with Crippen molar-refractivity contribution in [1.82, 2.24) is 10.6 Å². The third-order valence-corrected chi connectivity index (χ3v) is 3.90. The van der Waals surface area contributed by atoms with Crippen molar-refractivity contribution in [3.8, 4) is 5.75 Å². The molecule has 0 radical (unpaired) electrons. The second-order valence-electron chi connectivity index (χ2n) is 5.79. The molecule has 2 aromatic rings. The molecule has 0 saturated carbocycles. The molecule has 2 amide bonds. The third kappa shape index (κ3) is 4.33. The molecular formula is C18H15F3N2O3. The first-order valence-electron chi connectivity index (χ1n) is 7.83. The summed E-state index contributed by atoms with van der Waals surface area (Å²) in [4.78, 5) is 24.0. The monoisotopic (exact) mass is 364 g/mol. The van der Waals surface area contributed by atoms with Gasteiger partial charge in [-0.1, -0.05) is 30.3 Å². The van der Waals surface area contributed by atoms with Crippen LogP contribution in [-0.4, -0.2) is 18.2 Å². The average molecular weight is 364 g/mol. The molecule has 0 aromatic heterocycles. The van der Waals surface area contributed by atoms with Crippen LogP contribution in [0.15, 0.2) is 48.5 Å². The zero-order valence-electron chi connectivity index (χ0n) is 13.5. The van der Waals surface area contributed by atoms with Crippen LogP contribution >= 0.6 is 0 Å². The van der Waals surface area contributed by atoms with Crippen molar-refractivity contribution in [2.75, 3.05) is 0 Å². The Balaban J connectivity index is 1.57. The highest BCUT2D eigenvalue weighted by atomic mass is 19.4. The van der Waals surface area contributed by atoms with Crippen LogP contribution in [0.4, 0.5) is 13.2 Å². The van der Waals surface area contributed by atoms with Crippen LogP contribution < -0.4 is 15.4 Å². The van der Waals surface area contributed by atoms with Gasteiger partial charge in [-0.15, -0.1) is 13.2 Å². The van der Waals surface area contributed by atoms with E-state index in [1.165, 1.54) is 18.2 Å². The summed E-state index contributed by atoms with van der Waals surface area (Å²) in [5, 5.41) is 5.37. The van der Waals surface area contributed by atoms with Gasteiger partial charge in [-0.05, 0) is 29.3 Å². The van der Waals surface area contributed by atoms with E-state index in [-0.39, 0.29) is 30.5 Å². The number of halogens is 3. The number of nitrogens with one attached hydrogen (secondary N) is 2. The summed E-state index contributed by atoms with van der Waals surface area (Å²) >= 11 is 0. The second kappa shape index (κ2) is 7.07. The fourth-order valence-electron chi connectivity index (χ4n) is 2.79. The number of hydrogen-bond acceptors (Lipinski definition) is 3. The van der Waals surface area contributed by atoms with E-state index in [4.69, 9.17) is 0 Å². The lowest BCUT2D eigenvalue weighted by Crippen LogP contribution is -2.28. The summed E-state index contributed by atoms with van der Waals surface area (Å²) < 4.78 is 40.6. The van der Waals surface area contributed by atoms with Crippen molar-refractivity contribution in [3.05, 3.63) is 65.2 Å². The van der Waals surface area contributed by atoms with Gasteiger partial charge in [-0.3, -0.25) is 9.59 Å². The number of hydrogen-bond donors (Lipinski definition) is 2. The number of fused-ring (bicyclic) bond motifs is 1. The molecule has 0 unspecified atom stereocenters. The lowest BCUT2D eigenvalue weighted by atomic mass is 10.0. The van der Waals surface area contributed by atoms with Gasteiger partial charge in [0, 0.05) is 12.1 Å². The number of benzene rings is 2. The first-order valence-corrected chi connectivity index (χ1v) is 7.83. The Labute approximate surface area is 147 Å². The van der Waals surface area contributed by atoms with E-state index in [1.54, 1.807) is 30.3 Å². The molecular weight excluding hydrogens is 349 g/mol. The normalized spacial score (nSPS) is 16.0. The van der Waals surface area contributed by atoms with Crippen molar-refractivity contribution in [1.29, 1.82) is 0 Å². The summed E-state index contributed by atoms with van der Waals surface area (Å²) in [5.41, 5.74) is 1.77. The summed E-state index contributed by atoms with van der Waals surface area (Å²) in [6.07, 6.45) is -4.72. The third-order valence-electron chi connectivity index (χ3n) is 3.90. The molecule has 136 valence electrons. The largest absolute Gasteiger partial charge is 0.573 e. The van der Waals surface area contributed by atoms with Gasteiger partial charge in [0.25, 0.3) is 5.91 Å². The number of alkyl halides is 3. The predicted octanol–water partition coefficient (Wildman–Crippen LogP) is 3.08. The fourth-order valence-corrected chi connectivity index (χ4v) is 2.79. The van der Waals surface area contributed by atoms with Crippen LogP contribution in [0.25, 0.3) is 0 Å². The molecule has 0 fully saturated rings. The average Bonchev–Trinajstić information content (AvgIpc) is 2.88. The minimum absolute atomic E-state index is 0.0431. The summed E-state index contributed by atoms with van der Waals surface area (Å²) in [7, 11) is 0. The number of carbonyl (C=O) groups excluding carboxylic acids is 2. The highest BCUT2D eigenvalue weighted by molar-refractivity contribution is 5.99. The molecule has 8 heteroatoms. The Morgan fingerprint density at radius 2 is 1.92 bits per heavy atom. The topological polar surface area (TPSA) is 67.4 Å².